The Hall–Kier alpha value is -2.34. The first-order valence-electron chi connectivity index (χ1n) is 8.23. The Morgan fingerprint density at radius 1 is 1.04 bits per heavy atom. The van der Waals surface area contributed by atoms with Crippen LogP contribution in [0.5, 0.6) is 5.75 Å². The van der Waals surface area contributed by atoms with Crippen molar-refractivity contribution in [3.63, 3.8) is 0 Å². The maximum atomic E-state index is 12.4. The van der Waals surface area contributed by atoms with E-state index in [1.807, 2.05) is 30.3 Å². The standard InChI is InChI=1S/C19H23NO4S/c1-3-25(22,23)20(18-12-10-17(11-13-18)16(2)21)14-7-15-24-19-8-5-4-6-9-19/h4-6,8-13H,3,7,14-15H2,1-2H3. The van der Waals surface area contributed by atoms with Gasteiger partial charge in [-0.2, -0.15) is 0 Å². The van der Waals surface area contributed by atoms with E-state index >= 15 is 0 Å². The highest BCUT2D eigenvalue weighted by molar-refractivity contribution is 7.92. The van der Waals surface area contributed by atoms with Gasteiger partial charge in [0.15, 0.2) is 5.78 Å². The molecule has 6 heteroatoms. The summed E-state index contributed by atoms with van der Waals surface area (Å²) in [5, 5.41) is 0. The van der Waals surface area contributed by atoms with Gasteiger partial charge in [0, 0.05) is 18.5 Å². The van der Waals surface area contributed by atoms with Crippen LogP contribution in [0, 0.1) is 0 Å². The topological polar surface area (TPSA) is 63.7 Å². The monoisotopic (exact) mass is 361 g/mol. The molecule has 0 aliphatic heterocycles. The lowest BCUT2D eigenvalue weighted by Gasteiger charge is -2.24. The Kier molecular flexibility index (Phi) is 6.58. The molecule has 0 spiro atoms. The Labute approximate surface area is 149 Å². The molecule has 0 amide bonds. The third-order valence-corrected chi connectivity index (χ3v) is 5.57. The number of rotatable bonds is 9. The minimum absolute atomic E-state index is 0.0149. The van der Waals surface area contributed by atoms with Crippen molar-refractivity contribution in [3.8, 4) is 5.75 Å². The molecule has 2 rings (SSSR count). The molecule has 0 atom stereocenters. The second kappa shape index (κ2) is 8.67. The van der Waals surface area contributed by atoms with Gasteiger partial charge in [-0.3, -0.25) is 9.10 Å². The summed E-state index contributed by atoms with van der Waals surface area (Å²) in [6.07, 6.45) is 0.558. The van der Waals surface area contributed by atoms with Crippen LogP contribution >= 0.6 is 0 Å². The van der Waals surface area contributed by atoms with E-state index in [-0.39, 0.29) is 11.5 Å². The van der Waals surface area contributed by atoms with Crippen molar-refractivity contribution in [2.75, 3.05) is 23.2 Å². The van der Waals surface area contributed by atoms with E-state index in [2.05, 4.69) is 0 Å². The van der Waals surface area contributed by atoms with E-state index in [1.54, 1.807) is 31.2 Å². The number of sulfonamides is 1. The normalized spacial score (nSPS) is 11.1. The molecule has 134 valence electrons. The molecule has 0 saturated carbocycles. The van der Waals surface area contributed by atoms with Gasteiger partial charge < -0.3 is 4.74 Å². The molecular formula is C19H23NO4S. The van der Waals surface area contributed by atoms with Crippen molar-refractivity contribution in [1.82, 2.24) is 0 Å². The molecular weight excluding hydrogens is 338 g/mol. The minimum atomic E-state index is -3.40. The van der Waals surface area contributed by atoms with Crippen LogP contribution in [0.3, 0.4) is 0 Å². The Morgan fingerprint density at radius 3 is 2.24 bits per heavy atom. The van der Waals surface area contributed by atoms with E-state index in [4.69, 9.17) is 4.74 Å². The van der Waals surface area contributed by atoms with Crippen LogP contribution in [0.15, 0.2) is 54.6 Å². The Bertz CT molecular complexity index is 786. The number of para-hydroxylation sites is 1. The highest BCUT2D eigenvalue weighted by Crippen LogP contribution is 2.20. The van der Waals surface area contributed by atoms with Crippen LogP contribution in [0.2, 0.25) is 0 Å². The lowest BCUT2D eigenvalue weighted by atomic mass is 10.1. The zero-order chi connectivity index (χ0) is 18.3. The average molecular weight is 361 g/mol. The number of anilines is 1. The zero-order valence-electron chi connectivity index (χ0n) is 14.5. The number of hydrogen-bond donors (Lipinski definition) is 0. The van der Waals surface area contributed by atoms with Crippen molar-refractivity contribution in [3.05, 3.63) is 60.2 Å². The highest BCUT2D eigenvalue weighted by Gasteiger charge is 2.20. The minimum Gasteiger partial charge on any atom is -0.494 e. The molecule has 0 fully saturated rings. The molecule has 0 aliphatic rings. The molecule has 0 aromatic heterocycles. The van der Waals surface area contributed by atoms with Crippen LogP contribution in [0.25, 0.3) is 0 Å². The van der Waals surface area contributed by atoms with E-state index in [0.717, 1.165) is 5.75 Å². The summed E-state index contributed by atoms with van der Waals surface area (Å²) in [5.41, 5.74) is 1.12. The van der Waals surface area contributed by atoms with E-state index < -0.39 is 10.0 Å². The molecule has 25 heavy (non-hydrogen) atoms. The van der Waals surface area contributed by atoms with E-state index in [1.165, 1.54) is 11.2 Å². The fourth-order valence-electron chi connectivity index (χ4n) is 2.36. The molecule has 5 nitrogen and oxygen atoms in total. The number of carbonyl (C=O) groups excluding carboxylic acids is 1. The maximum Gasteiger partial charge on any atom is 0.234 e. The van der Waals surface area contributed by atoms with Crippen LogP contribution in [0.4, 0.5) is 5.69 Å². The average Bonchev–Trinajstić information content (AvgIpc) is 2.62. The quantitative estimate of drug-likeness (QED) is 0.506. The third-order valence-electron chi connectivity index (χ3n) is 3.78. The third kappa shape index (κ3) is 5.32. The fourth-order valence-corrected chi connectivity index (χ4v) is 3.52. The first-order valence-corrected chi connectivity index (χ1v) is 9.84. The van der Waals surface area contributed by atoms with Gasteiger partial charge in [-0.25, -0.2) is 8.42 Å². The fraction of sp³-hybridized carbons (Fsp3) is 0.316. The summed E-state index contributed by atoms with van der Waals surface area (Å²) in [6.45, 7) is 3.84. The number of benzene rings is 2. The van der Waals surface area contributed by atoms with Crippen molar-refractivity contribution in [1.29, 1.82) is 0 Å². The summed E-state index contributed by atoms with van der Waals surface area (Å²) >= 11 is 0. The van der Waals surface area contributed by atoms with Crippen molar-refractivity contribution in [2.24, 2.45) is 0 Å². The number of ether oxygens (including phenoxy) is 1. The van der Waals surface area contributed by atoms with Crippen LogP contribution in [-0.4, -0.2) is 33.1 Å². The Morgan fingerprint density at radius 2 is 1.68 bits per heavy atom. The van der Waals surface area contributed by atoms with Gasteiger partial charge >= 0.3 is 0 Å². The summed E-state index contributed by atoms with van der Waals surface area (Å²) in [6, 6.07) is 16.0. The predicted octanol–water partition coefficient (Wildman–Crippen LogP) is 3.51. The smallest absolute Gasteiger partial charge is 0.234 e. The highest BCUT2D eigenvalue weighted by atomic mass is 32.2. The zero-order valence-corrected chi connectivity index (χ0v) is 15.3. The largest absolute Gasteiger partial charge is 0.494 e. The Balaban J connectivity index is 2.05. The van der Waals surface area contributed by atoms with Gasteiger partial charge in [-0.05, 0) is 50.2 Å². The van der Waals surface area contributed by atoms with E-state index in [0.29, 0.717) is 30.8 Å². The lowest BCUT2D eigenvalue weighted by Crippen LogP contribution is -2.34. The molecule has 0 bridgehead atoms. The van der Waals surface area contributed by atoms with Gasteiger partial charge in [0.2, 0.25) is 10.0 Å². The number of carbonyl (C=O) groups is 1. The number of hydrogen-bond acceptors (Lipinski definition) is 4. The molecule has 2 aromatic rings. The van der Waals surface area contributed by atoms with Crippen molar-refractivity contribution in [2.45, 2.75) is 20.3 Å². The maximum absolute atomic E-state index is 12.4. The second-order valence-electron chi connectivity index (χ2n) is 5.59. The lowest BCUT2D eigenvalue weighted by molar-refractivity contribution is 0.101. The second-order valence-corrected chi connectivity index (χ2v) is 7.77. The van der Waals surface area contributed by atoms with Gasteiger partial charge in [0.25, 0.3) is 0 Å². The SMILES string of the molecule is CCS(=O)(=O)N(CCCOc1ccccc1)c1ccc(C(C)=O)cc1. The summed E-state index contributed by atoms with van der Waals surface area (Å²) in [5.74, 6) is 0.729. The molecule has 0 unspecified atom stereocenters. The summed E-state index contributed by atoms with van der Waals surface area (Å²) < 4.78 is 31.8. The molecule has 0 aliphatic carbocycles. The molecule has 0 N–H and O–H groups in total. The molecule has 0 heterocycles. The number of nitrogens with zero attached hydrogens (tertiary/aromatic N) is 1. The van der Waals surface area contributed by atoms with Gasteiger partial charge in [0.05, 0.1) is 18.0 Å². The van der Waals surface area contributed by atoms with E-state index in [9.17, 15) is 13.2 Å². The van der Waals surface area contributed by atoms with Crippen LogP contribution in [-0.2, 0) is 10.0 Å². The first-order chi connectivity index (χ1) is 11.9. The summed E-state index contributed by atoms with van der Waals surface area (Å²) in [7, 11) is -3.40. The number of Topliss-reactive ketones (excluding diaryl/α,β-unsaturated/α-hetero) is 1. The first kappa shape index (κ1) is 19.0. The van der Waals surface area contributed by atoms with Gasteiger partial charge in [-0.15, -0.1) is 0 Å². The van der Waals surface area contributed by atoms with Crippen molar-refractivity contribution < 1.29 is 17.9 Å². The molecule has 0 saturated heterocycles. The number of ketones is 1. The predicted molar refractivity (Wildman–Crippen MR) is 99.8 cm³/mol. The summed E-state index contributed by atoms with van der Waals surface area (Å²) in [4.78, 5) is 11.4. The molecule has 0 radical (unpaired) electrons. The van der Waals surface area contributed by atoms with Crippen LogP contribution < -0.4 is 9.04 Å². The van der Waals surface area contributed by atoms with Gasteiger partial charge in [0.1, 0.15) is 5.75 Å². The van der Waals surface area contributed by atoms with Crippen molar-refractivity contribution >= 4 is 21.5 Å². The van der Waals surface area contributed by atoms with Crippen LogP contribution in [0.1, 0.15) is 30.6 Å². The van der Waals surface area contributed by atoms with Gasteiger partial charge in [-0.1, -0.05) is 18.2 Å². The molecule has 2 aromatic carbocycles.